The predicted octanol–water partition coefficient (Wildman–Crippen LogP) is 0.305. The number of tetrazole rings is 1. The molecule has 0 atom stereocenters. The highest BCUT2D eigenvalue weighted by Crippen LogP contribution is 2.23. The number of rotatable bonds is 6. The van der Waals surface area contributed by atoms with Crippen LogP contribution < -0.4 is 4.90 Å². The average Bonchev–Trinajstić information content (AvgIpc) is 3.07. The van der Waals surface area contributed by atoms with Crippen molar-refractivity contribution in [1.29, 1.82) is 0 Å². The molecule has 3 rings (SSSR count). The number of hydrogen-bond acceptors (Lipinski definition) is 7. The summed E-state index contributed by atoms with van der Waals surface area (Å²) in [6, 6.07) is 3.67. The second-order valence-corrected chi connectivity index (χ2v) is 6.99. The Hall–Kier alpha value is -2.78. The van der Waals surface area contributed by atoms with Crippen LogP contribution in [0.2, 0.25) is 0 Å². The molecule has 26 heavy (non-hydrogen) atoms. The molecule has 0 spiro atoms. The SMILES string of the molecule is CC(C)CN(CC(=O)O)C(=O)C1CCN(c2ccc3nnnn3n2)CC1. The number of carboxylic acids is 1. The van der Waals surface area contributed by atoms with Gasteiger partial charge in [-0.25, -0.2) is 0 Å². The molecular formula is C16H23N7O3. The van der Waals surface area contributed by atoms with E-state index in [0.717, 1.165) is 5.82 Å². The zero-order chi connectivity index (χ0) is 18.7. The first-order chi connectivity index (χ1) is 12.4. The number of anilines is 1. The summed E-state index contributed by atoms with van der Waals surface area (Å²) in [4.78, 5) is 27.4. The smallest absolute Gasteiger partial charge is 0.323 e. The summed E-state index contributed by atoms with van der Waals surface area (Å²) >= 11 is 0. The number of hydrogen-bond donors (Lipinski definition) is 1. The number of carbonyl (C=O) groups excluding carboxylic acids is 1. The number of aliphatic carboxylic acids is 1. The van der Waals surface area contributed by atoms with Gasteiger partial charge in [0, 0.05) is 25.6 Å². The van der Waals surface area contributed by atoms with Crippen molar-refractivity contribution in [2.24, 2.45) is 11.8 Å². The fourth-order valence-corrected chi connectivity index (χ4v) is 3.26. The molecule has 1 amide bonds. The van der Waals surface area contributed by atoms with Gasteiger partial charge in [-0.3, -0.25) is 9.59 Å². The van der Waals surface area contributed by atoms with Crippen molar-refractivity contribution in [1.82, 2.24) is 30.2 Å². The molecule has 0 aliphatic carbocycles. The van der Waals surface area contributed by atoms with Gasteiger partial charge >= 0.3 is 5.97 Å². The Morgan fingerprint density at radius 2 is 2.04 bits per heavy atom. The Bertz CT molecular complexity index is 783. The Morgan fingerprint density at radius 1 is 1.31 bits per heavy atom. The number of fused-ring (bicyclic) bond motifs is 1. The second-order valence-electron chi connectivity index (χ2n) is 6.99. The summed E-state index contributed by atoms with van der Waals surface area (Å²) in [6.45, 7) is 5.54. The zero-order valence-corrected chi connectivity index (χ0v) is 14.9. The van der Waals surface area contributed by atoms with Crippen LogP contribution in [0.1, 0.15) is 26.7 Å². The third-order valence-electron chi connectivity index (χ3n) is 4.45. The van der Waals surface area contributed by atoms with Gasteiger partial charge in [-0.05, 0) is 41.3 Å². The first-order valence-electron chi connectivity index (χ1n) is 8.75. The highest BCUT2D eigenvalue weighted by atomic mass is 16.4. The zero-order valence-electron chi connectivity index (χ0n) is 14.9. The molecule has 1 aliphatic rings. The second kappa shape index (κ2) is 7.63. The van der Waals surface area contributed by atoms with Gasteiger partial charge in [0.15, 0.2) is 11.5 Å². The van der Waals surface area contributed by atoms with Crippen LogP contribution in [-0.2, 0) is 9.59 Å². The van der Waals surface area contributed by atoms with Crippen LogP contribution >= 0.6 is 0 Å². The summed E-state index contributed by atoms with van der Waals surface area (Å²) in [7, 11) is 0. The summed E-state index contributed by atoms with van der Waals surface area (Å²) < 4.78 is 1.38. The van der Waals surface area contributed by atoms with Crippen LogP contribution in [0.4, 0.5) is 5.82 Å². The van der Waals surface area contributed by atoms with Gasteiger partial charge in [0.05, 0.1) is 0 Å². The molecule has 3 heterocycles. The van der Waals surface area contributed by atoms with Gasteiger partial charge in [-0.1, -0.05) is 13.8 Å². The molecule has 10 nitrogen and oxygen atoms in total. The third-order valence-corrected chi connectivity index (χ3v) is 4.45. The van der Waals surface area contributed by atoms with Crippen molar-refractivity contribution in [3.05, 3.63) is 12.1 Å². The lowest BCUT2D eigenvalue weighted by Gasteiger charge is -2.34. The highest BCUT2D eigenvalue weighted by Gasteiger charge is 2.30. The Balaban J connectivity index is 1.62. The van der Waals surface area contributed by atoms with Gasteiger partial charge in [0.2, 0.25) is 5.91 Å². The maximum absolute atomic E-state index is 12.8. The van der Waals surface area contributed by atoms with Gasteiger partial charge in [0.1, 0.15) is 6.54 Å². The maximum atomic E-state index is 12.8. The number of nitrogens with zero attached hydrogens (tertiary/aromatic N) is 7. The number of aromatic nitrogens is 5. The molecule has 0 saturated carbocycles. The molecule has 10 heteroatoms. The first kappa shape index (κ1) is 18.0. The van der Waals surface area contributed by atoms with E-state index in [1.54, 1.807) is 6.07 Å². The Kier molecular flexibility index (Phi) is 5.29. The fraction of sp³-hybridized carbons (Fsp3) is 0.625. The van der Waals surface area contributed by atoms with E-state index >= 15 is 0 Å². The normalized spacial score (nSPS) is 15.6. The van der Waals surface area contributed by atoms with Gasteiger partial charge in [-0.2, -0.15) is 0 Å². The molecule has 0 aromatic carbocycles. The largest absolute Gasteiger partial charge is 0.480 e. The van der Waals surface area contributed by atoms with Gasteiger partial charge < -0.3 is 14.9 Å². The van der Waals surface area contributed by atoms with E-state index < -0.39 is 5.97 Å². The Labute approximate surface area is 150 Å². The van der Waals surface area contributed by atoms with Crippen molar-refractivity contribution in [3.63, 3.8) is 0 Å². The van der Waals surface area contributed by atoms with Crippen LogP contribution in [-0.4, -0.2) is 73.3 Å². The summed E-state index contributed by atoms with van der Waals surface area (Å²) in [5, 5.41) is 24.7. The molecule has 1 fully saturated rings. The van der Waals surface area contributed by atoms with E-state index in [-0.39, 0.29) is 24.3 Å². The van der Waals surface area contributed by atoms with Gasteiger partial charge in [0.25, 0.3) is 0 Å². The van der Waals surface area contributed by atoms with Crippen molar-refractivity contribution >= 4 is 23.3 Å². The monoisotopic (exact) mass is 361 g/mol. The minimum atomic E-state index is -0.976. The minimum Gasteiger partial charge on any atom is -0.480 e. The van der Waals surface area contributed by atoms with Crippen LogP contribution in [0.3, 0.4) is 0 Å². The topological polar surface area (TPSA) is 117 Å². The van der Waals surface area contributed by atoms with Crippen LogP contribution in [0.5, 0.6) is 0 Å². The van der Waals surface area contributed by atoms with E-state index in [0.29, 0.717) is 38.1 Å². The summed E-state index contributed by atoms with van der Waals surface area (Å²) in [6.07, 6.45) is 1.34. The average molecular weight is 361 g/mol. The van der Waals surface area contributed by atoms with E-state index in [2.05, 4.69) is 25.5 Å². The lowest BCUT2D eigenvalue weighted by atomic mass is 9.95. The van der Waals surface area contributed by atoms with Gasteiger partial charge in [-0.15, -0.1) is 14.8 Å². The molecular weight excluding hydrogens is 338 g/mol. The number of piperidine rings is 1. The molecule has 0 radical (unpaired) electrons. The van der Waals surface area contributed by atoms with Crippen molar-refractivity contribution in [2.45, 2.75) is 26.7 Å². The first-order valence-corrected chi connectivity index (χ1v) is 8.75. The van der Waals surface area contributed by atoms with E-state index in [1.807, 2.05) is 19.9 Å². The van der Waals surface area contributed by atoms with Crippen molar-refractivity contribution in [3.8, 4) is 0 Å². The molecule has 2 aromatic rings. The molecule has 140 valence electrons. The molecule has 1 N–H and O–H groups in total. The van der Waals surface area contributed by atoms with E-state index in [1.165, 1.54) is 9.53 Å². The van der Waals surface area contributed by atoms with Crippen LogP contribution in [0.15, 0.2) is 12.1 Å². The van der Waals surface area contributed by atoms with Crippen molar-refractivity contribution < 1.29 is 14.7 Å². The molecule has 2 aromatic heterocycles. The molecule has 0 bridgehead atoms. The molecule has 1 saturated heterocycles. The Morgan fingerprint density at radius 3 is 2.69 bits per heavy atom. The highest BCUT2D eigenvalue weighted by molar-refractivity contribution is 5.83. The fourth-order valence-electron chi connectivity index (χ4n) is 3.26. The quantitative estimate of drug-likeness (QED) is 0.781. The lowest BCUT2D eigenvalue weighted by molar-refractivity contribution is -0.147. The van der Waals surface area contributed by atoms with E-state index in [9.17, 15) is 9.59 Å². The molecule has 1 aliphatic heterocycles. The number of carbonyl (C=O) groups is 2. The third kappa shape index (κ3) is 4.06. The number of amides is 1. The summed E-state index contributed by atoms with van der Waals surface area (Å²) in [5.41, 5.74) is 0.580. The van der Waals surface area contributed by atoms with Crippen molar-refractivity contribution in [2.75, 3.05) is 31.1 Å². The minimum absolute atomic E-state index is 0.0652. The summed E-state index contributed by atoms with van der Waals surface area (Å²) in [5.74, 6) is -0.202. The molecule has 0 unspecified atom stereocenters. The maximum Gasteiger partial charge on any atom is 0.323 e. The van der Waals surface area contributed by atoms with Crippen LogP contribution in [0, 0.1) is 11.8 Å². The number of carboxylic acid groups (broad SMARTS) is 1. The van der Waals surface area contributed by atoms with E-state index in [4.69, 9.17) is 5.11 Å². The lowest BCUT2D eigenvalue weighted by Crippen LogP contribution is -2.45. The predicted molar refractivity (Wildman–Crippen MR) is 92.6 cm³/mol. The standard InChI is InChI=1S/C16H23N7O3/c1-11(2)9-22(10-15(24)25)16(26)12-5-7-21(8-6-12)14-4-3-13-17-19-20-23(13)18-14/h3-4,11-12H,5-10H2,1-2H3,(H,24,25). The van der Waals surface area contributed by atoms with Crippen LogP contribution in [0.25, 0.3) is 5.65 Å².